The molecule has 120 valence electrons. The number of hydrogen-bond donors (Lipinski definition) is 1. The lowest BCUT2D eigenvalue weighted by atomic mass is 10.3. The Morgan fingerprint density at radius 2 is 1.95 bits per heavy atom. The first-order chi connectivity index (χ1) is 10.3. The van der Waals surface area contributed by atoms with Crippen LogP contribution in [-0.2, 0) is 14.8 Å². The van der Waals surface area contributed by atoms with Crippen LogP contribution in [-0.4, -0.2) is 22.1 Å². The van der Waals surface area contributed by atoms with Gasteiger partial charge in [0, 0.05) is 23.6 Å². The zero-order chi connectivity index (χ0) is 16.3. The molecule has 0 fully saturated rings. The summed E-state index contributed by atoms with van der Waals surface area (Å²) in [6, 6.07) is 7.79. The number of ether oxygens (including phenoxy) is 1. The first kappa shape index (κ1) is 18.0. The van der Waals surface area contributed by atoms with E-state index in [2.05, 4.69) is 4.72 Å². The van der Waals surface area contributed by atoms with Gasteiger partial charge < -0.3 is 4.74 Å². The van der Waals surface area contributed by atoms with E-state index < -0.39 is 16.1 Å². The monoisotopic (exact) mass is 399 g/mol. The number of hydrogen-bond acceptors (Lipinski definition) is 4. The maximum Gasteiger partial charge on any atom is 0.242 e. The lowest BCUT2D eigenvalue weighted by Gasteiger charge is -2.15. The molecule has 0 unspecified atom stereocenters. The lowest BCUT2D eigenvalue weighted by Crippen LogP contribution is -2.29. The van der Waals surface area contributed by atoms with E-state index in [0.29, 0.717) is 4.34 Å². The van der Waals surface area contributed by atoms with E-state index in [1.54, 1.807) is 12.1 Å². The summed E-state index contributed by atoms with van der Waals surface area (Å²) in [5, 5.41) is 0.392. The number of benzene rings is 1. The Labute approximate surface area is 148 Å². The largest absolute Gasteiger partial charge is 0.375 e. The highest BCUT2D eigenvalue weighted by Gasteiger charge is 2.21. The predicted molar refractivity (Wildman–Crippen MR) is 90.7 cm³/mol. The second-order valence-corrected chi connectivity index (χ2v) is 8.62. The minimum absolute atomic E-state index is 0.0541. The second-order valence-electron chi connectivity index (χ2n) is 4.29. The van der Waals surface area contributed by atoms with Crippen molar-refractivity contribution >= 4 is 56.2 Å². The highest BCUT2D eigenvalue weighted by atomic mass is 35.5. The third-order valence-electron chi connectivity index (χ3n) is 2.84. The molecule has 1 heterocycles. The van der Waals surface area contributed by atoms with E-state index in [1.807, 2.05) is 0 Å². The summed E-state index contributed by atoms with van der Waals surface area (Å²) < 4.78 is 33.0. The van der Waals surface area contributed by atoms with Crippen molar-refractivity contribution in [3.63, 3.8) is 0 Å². The minimum Gasteiger partial charge on any atom is -0.375 e. The maximum absolute atomic E-state index is 12.3. The number of thiophene rings is 1. The molecule has 0 saturated heterocycles. The Kier molecular flexibility index (Phi) is 6.13. The van der Waals surface area contributed by atoms with Gasteiger partial charge in [0.15, 0.2) is 0 Å². The van der Waals surface area contributed by atoms with Crippen molar-refractivity contribution in [3.8, 4) is 0 Å². The molecule has 4 nitrogen and oxygen atoms in total. The molecule has 0 bridgehead atoms. The van der Waals surface area contributed by atoms with Crippen LogP contribution in [0, 0.1) is 0 Å². The predicted octanol–water partition coefficient (Wildman–Crippen LogP) is 4.37. The molecule has 1 aromatic heterocycles. The molecule has 2 rings (SSSR count). The Bertz CT molecular complexity index is 762. The van der Waals surface area contributed by atoms with Gasteiger partial charge in [0.2, 0.25) is 10.0 Å². The van der Waals surface area contributed by atoms with Crippen LogP contribution in [0.15, 0.2) is 35.2 Å². The van der Waals surface area contributed by atoms with E-state index in [4.69, 9.17) is 39.5 Å². The fourth-order valence-corrected chi connectivity index (χ4v) is 4.68. The van der Waals surface area contributed by atoms with Crippen molar-refractivity contribution in [1.82, 2.24) is 4.72 Å². The van der Waals surface area contributed by atoms with Crippen LogP contribution < -0.4 is 4.72 Å². The molecular formula is C13H12Cl3NO3S2. The van der Waals surface area contributed by atoms with Crippen molar-refractivity contribution in [2.24, 2.45) is 0 Å². The minimum atomic E-state index is -3.79. The molecule has 0 aliphatic rings. The molecule has 1 N–H and O–H groups in total. The molecule has 0 aliphatic carbocycles. The molecular weight excluding hydrogens is 389 g/mol. The van der Waals surface area contributed by atoms with Gasteiger partial charge in [-0.15, -0.1) is 11.3 Å². The van der Waals surface area contributed by atoms with E-state index in [-0.39, 0.29) is 21.5 Å². The van der Waals surface area contributed by atoms with Crippen LogP contribution in [0.1, 0.15) is 11.0 Å². The molecule has 22 heavy (non-hydrogen) atoms. The van der Waals surface area contributed by atoms with E-state index >= 15 is 0 Å². The summed E-state index contributed by atoms with van der Waals surface area (Å²) >= 11 is 19.0. The van der Waals surface area contributed by atoms with Crippen molar-refractivity contribution in [2.75, 3.05) is 13.7 Å². The van der Waals surface area contributed by atoms with Crippen LogP contribution >= 0.6 is 46.1 Å². The fourth-order valence-electron chi connectivity index (χ4n) is 1.75. The molecule has 2 aromatic rings. The number of sulfonamides is 1. The van der Waals surface area contributed by atoms with E-state index in [1.165, 1.54) is 36.6 Å². The highest BCUT2D eigenvalue weighted by Crippen LogP contribution is 2.29. The van der Waals surface area contributed by atoms with E-state index in [0.717, 1.165) is 4.88 Å². The average molecular weight is 401 g/mol. The quantitative estimate of drug-likeness (QED) is 0.783. The number of halogens is 3. The van der Waals surface area contributed by atoms with Crippen LogP contribution in [0.2, 0.25) is 14.4 Å². The number of methoxy groups -OCH3 is 1. The first-order valence-electron chi connectivity index (χ1n) is 6.06. The van der Waals surface area contributed by atoms with Crippen LogP contribution in [0.5, 0.6) is 0 Å². The van der Waals surface area contributed by atoms with Crippen LogP contribution in [0.4, 0.5) is 0 Å². The van der Waals surface area contributed by atoms with Crippen molar-refractivity contribution in [3.05, 3.63) is 49.6 Å². The maximum atomic E-state index is 12.3. The molecule has 0 amide bonds. The molecule has 1 aromatic carbocycles. The summed E-state index contributed by atoms with van der Waals surface area (Å²) in [7, 11) is -2.30. The van der Waals surface area contributed by atoms with Crippen LogP contribution in [0.3, 0.4) is 0 Å². The molecule has 9 heteroatoms. The number of nitrogens with one attached hydrogen (secondary N) is 1. The molecule has 0 aliphatic heterocycles. The summed E-state index contributed by atoms with van der Waals surface area (Å²) in [4.78, 5) is 0.758. The topological polar surface area (TPSA) is 55.4 Å². The fraction of sp³-hybridized carbons (Fsp3) is 0.231. The van der Waals surface area contributed by atoms with Gasteiger partial charge in [0.05, 0.1) is 9.36 Å². The van der Waals surface area contributed by atoms with E-state index in [9.17, 15) is 8.42 Å². The summed E-state index contributed by atoms with van der Waals surface area (Å²) in [5.41, 5.74) is 0. The van der Waals surface area contributed by atoms with Gasteiger partial charge in [-0.3, -0.25) is 0 Å². The normalized spacial score (nSPS) is 13.3. The highest BCUT2D eigenvalue weighted by molar-refractivity contribution is 7.89. The smallest absolute Gasteiger partial charge is 0.242 e. The second kappa shape index (κ2) is 7.49. The first-order valence-corrected chi connectivity index (χ1v) is 9.49. The average Bonchev–Trinajstić information content (AvgIpc) is 2.88. The third kappa shape index (κ3) is 4.35. The summed E-state index contributed by atoms with van der Waals surface area (Å²) in [6.07, 6.45) is -0.440. The van der Waals surface area contributed by atoms with Crippen molar-refractivity contribution in [2.45, 2.75) is 11.0 Å². The standard InChI is InChI=1S/C13H12Cl3NO3S2/c1-20-10(11-4-5-13(16)21-11)7-17-22(18,19)12-6-8(14)2-3-9(12)15/h2-6,10,17H,7H2,1H3/t10-/m1/s1. The van der Waals surface area contributed by atoms with Gasteiger partial charge in [0.25, 0.3) is 0 Å². The Morgan fingerprint density at radius 1 is 1.23 bits per heavy atom. The van der Waals surface area contributed by atoms with Gasteiger partial charge >= 0.3 is 0 Å². The lowest BCUT2D eigenvalue weighted by molar-refractivity contribution is 0.110. The molecule has 0 radical (unpaired) electrons. The van der Waals surface area contributed by atoms with Gasteiger partial charge in [-0.05, 0) is 30.3 Å². The molecule has 1 atom stereocenters. The van der Waals surface area contributed by atoms with Gasteiger partial charge in [-0.2, -0.15) is 0 Å². The van der Waals surface area contributed by atoms with Gasteiger partial charge in [-0.25, -0.2) is 13.1 Å². The van der Waals surface area contributed by atoms with Crippen molar-refractivity contribution < 1.29 is 13.2 Å². The number of rotatable bonds is 6. The zero-order valence-electron chi connectivity index (χ0n) is 11.3. The molecule has 0 spiro atoms. The Hall–Kier alpha value is -0.340. The van der Waals surface area contributed by atoms with Crippen molar-refractivity contribution in [1.29, 1.82) is 0 Å². The summed E-state index contributed by atoms with van der Waals surface area (Å²) in [5.74, 6) is 0. The SMILES string of the molecule is CO[C@H](CNS(=O)(=O)c1cc(Cl)ccc1Cl)c1ccc(Cl)s1. The van der Waals surface area contributed by atoms with Gasteiger partial charge in [-0.1, -0.05) is 34.8 Å². The third-order valence-corrected chi connectivity index (χ3v) is 6.30. The zero-order valence-corrected chi connectivity index (χ0v) is 15.2. The van der Waals surface area contributed by atoms with Crippen LogP contribution in [0.25, 0.3) is 0 Å². The summed E-state index contributed by atoms with van der Waals surface area (Å²) in [6.45, 7) is 0.0541. The Morgan fingerprint density at radius 3 is 2.55 bits per heavy atom. The Balaban J connectivity index is 2.16. The van der Waals surface area contributed by atoms with Gasteiger partial charge in [0.1, 0.15) is 11.0 Å². The molecule has 0 saturated carbocycles.